The van der Waals surface area contributed by atoms with Gasteiger partial charge in [-0.15, -0.1) is 0 Å². The summed E-state index contributed by atoms with van der Waals surface area (Å²) in [7, 11) is 0. The fraction of sp³-hybridized carbons (Fsp3) is 0.476. The van der Waals surface area contributed by atoms with Crippen LogP contribution in [0.1, 0.15) is 50.2 Å². The third-order valence-electron chi connectivity index (χ3n) is 4.51. The lowest BCUT2D eigenvalue weighted by molar-refractivity contribution is 0.102. The van der Waals surface area contributed by atoms with Crippen molar-refractivity contribution in [2.24, 2.45) is 5.92 Å². The molecule has 0 atom stereocenters. The van der Waals surface area contributed by atoms with Gasteiger partial charge in [-0.25, -0.2) is 9.97 Å². The van der Waals surface area contributed by atoms with Gasteiger partial charge in [0.1, 0.15) is 17.8 Å². The minimum absolute atomic E-state index is 0.233. The van der Waals surface area contributed by atoms with Gasteiger partial charge in [-0.3, -0.25) is 4.79 Å². The average molecular weight is 370 g/mol. The van der Waals surface area contributed by atoms with E-state index in [0.29, 0.717) is 17.4 Å². The van der Waals surface area contributed by atoms with Gasteiger partial charge in [-0.05, 0) is 56.9 Å². The van der Waals surface area contributed by atoms with Crippen molar-refractivity contribution in [1.29, 1.82) is 0 Å². The smallest absolute Gasteiger partial charge is 0.274 e. The Morgan fingerprint density at radius 3 is 2.52 bits per heavy atom. The first kappa shape index (κ1) is 20.7. The Balaban J connectivity index is 2.06. The number of rotatable bonds is 9. The highest BCUT2D eigenvalue weighted by Crippen LogP contribution is 2.23. The maximum Gasteiger partial charge on any atom is 0.274 e. The topological polar surface area (TPSA) is 70.2 Å². The second-order valence-corrected chi connectivity index (χ2v) is 7.02. The van der Waals surface area contributed by atoms with Crippen molar-refractivity contribution in [2.45, 2.75) is 41.0 Å². The van der Waals surface area contributed by atoms with E-state index >= 15 is 0 Å². The number of amides is 1. The lowest BCUT2D eigenvalue weighted by Gasteiger charge is -2.22. The van der Waals surface area contributed by atoms with Crippen LogP contribution in [0.25, 0.3) is 0 Å². The van der Waals surface area contributed by atoms with Gasteiger partial charge in [-0.1, -0.05) is 13.8 Å². The maximum absolute atomic E-state index is 12.6. The van der Waals surface area contributed by atoms with Gasteiger partial charge < -0.3 is 15.5 Å². The first-order valence-corrected chi connectivity index (χ1v) is 9.67. The number of hydrogen-bond donors (Lipinski definition) is 2. The third kappa shape index (κ3) is 5.94. The van der Waals surface area contributed by atoms with Gasteiger partial charge in [0.2, 0.25) is 0 Å². The zero-order valence-corrected chi connectivity index (χ0v) is 17.0. The number of carbonyl (C=O) groups excluding carboxylic acids is 1. The lowest BCUT2D eigenvalue weighted by Crippen LogP contribution is -2.22. The molecule has 2 aromatic rings. The Kier molecular flexibility index (Phi) is 7.58. The summed E-state index contributed by atoms with van der Waals surface area (Å²) in [5.74, 6) is 1.05. The van der Waals surface area contributed by atoms with Crippen molar-refractivity contribution in [3.05, 3.63) is 41.9 Å². The number of anilines is 3. The Bertz CT molecular complexity index is 756. The van der Waals surface area contributed by atoms with Crippen LogP contribution in [0.2, 0.25) is 0 Å². The minimum Gasteiger partial charge on any atom is -0.372 e. The molecule has 6 heteroatoms. The summed E-state index contributed by atoms with van der Waals surface area (Å²) in [6.45, 7) is 13.4. The van der Waals surface area contributed by atoms with Crippen molar-refractivity contribution >= 4 is 23.1 Å². The molecule has 0 aliphatic rings. The molecule has 0 aliphatic heterocycles. The molecule has 1 heterocycles. The van der Waals surface area contributed by atoms with Crippen molar-refractivity contribution in [2.75, 3.05) is 35.2 Å². The fourth-order valence-corrected chi connectivity index (χ4v) is 2.83. The number of benzene rings is 1. The van der Waals surface area contributed by atoms with E-state index in [4.69, 9.17) is 0 Å². The average Bonchev–Trinajstić information content (AvgIpc) is 2.64. The summed E-state index contributed by atoms with van der Waals surface area (Å²) in [4.78, 5) is 23.2. The summed E-state index contributed by atoms with van der Waals surface area (Å²) in [5.41, 5.74) is 3.33. The molecular formula is C21H31N5O. The summed E-state index contributed by atoms with van der Waals surface area (Å²) < 4.78 is 0. The second kappa shape index (κ2) is 9.90. The first-order chi connectivity index (χ1) is 12.9. The number of aryl methyl sites for hydroxylation is 1. The van der Waals surface area contributed by atoms with E-state index in [9.17, 15) is 4.79 Å². The Morgan fingerprint density at radius 2 is 1.89 bits per heavy atom. The van der Waals surface area contributed by atoms with Gasteiger partial charge in [0, 0.05) is 37.1 Å². The van der Waals surface area contributed by atoms with Gasteiger partial charge in [0.15, 0.2) is 0 Å². The van der Waals surface area contributed by atoms with Crippen LogP contribution in [0.5, 0.6) is 0 Å². The van der Waals surface area contributed by atoms with Gasteiger partial charge in [-0.2, -0.15) is 0 Å². The summed E-state index contributed by atoms with van der Waals surface area (Å²) in [6.07, 6.45) is 2.46. The van der Waals surface area contributed by atoms with Gasteiger partial charge in [0.05, 0.1) is 0 Å². The highest BCUT2D eigenvalue weighted by Gasteiger charge is 2.12. The molecular weight excluding hydrogens is 338 g/mol. The Labute approximate surface area is 162 Å². The number of nitrogens with zero attached hydrogens (tertiary/aromatic N) is 3. The number of hydrogen-bond acceptors (Lipinski definition) is 5. The number of aromatic nitrogens is 2. The molecule has 0 unspecified atom stereocenters. The van der Waals surface area contributed by atoms with Crippen molar-refractivity contribution in [1.82, 2.24) is 9.97 Å². The van der Waals surface area contributed by atoms with Crippen LogP contribution in [0, 0.1) is 12.8 Å². The van der Waals surface area contributed by atoms with Crippen LogP contribution in [0.3, 0.4) is 0 Å². The predicted molar refractivity (Wildman–Crippen MR) is 113 cm³/mol. The third-order valence-corrected chi connectivity index (χ3v) is 4.51. The summed E-state index contributed by atoms with van der Waals surface area (Å²) in [5, 5.41) is 6.20. The molecule has 1 aromatic carbocycles. The van der Waals surface area contributed by atoms with Crippen molar-refractivity contribution < 1.29 is 4.79 Å². The Morgan fingerprint density at radius 1 is 1.15 bits per heavy atom. The SMILES string of the molecule is CCN(CC)c1ccc(NC(=O)c2cc(NCCC(C)C)ncn2)c(C)c1. The zero-order chi connectivity index (χ0) is 19.8. The molecule has 1 amide bonds. The molecule has 0 spiro atoms. The van der Waals surface area contributed by atoms with Crippen LogP contribution in [-0.4, -0.2) is 35.5 Å². The molecule has 146 valence electrons. The molecule has 0 radical (unpaired) electrons. The summed E-state index contributed by atoms with van der Waals surface area (Å²) in [6, 6.07) is 7.77. The van der Waals surface area contributed by atoms with E-state index in [2.05, 4.69) is 59.3 Å². The zero-order valence-electron chi connectivity index (χ0n) is 17.0. The van der Waals surface area contributed by atoms with Crippen LogP contribution < -0.4 is 15.5 Å². The largest absolute Gasteiger partial charge is 0.372 e. The molecule has 2 rings (SSSR count). The standard InChI is InChI=1S/C21H31N5O/c1-6-26(7-2)17-8-9-18(16(5)12-17)25-21(27)19-13-20(24-14-23-19)22-11-10-15(3)4/h8-9,12-15H,6-7,10-11H2,1-5H3,(H,25,27)(H,22,23,24). The van der Waals surface area contributed by atoms with Gasteiger partial charge >= 0.3 is 0 Å². The first-order valence-electron chi connectivity index (χ1n) is 9.67. The van der Waals surface area contributed by atoms with E-state index in [0.717, 1.165) is 43.0 Å². The molecule has 0 saturated carbocycles. The van der Waals surface area contributed by atoms with E-state index in [1.807, 2.05) is 19.1 Å². The molecule has 6 nitrogen and oxygen atoms in total. The van der Waals surface area contributed by atoms with Crippen molar-refractivity contribution in [3.8, 4) is 0 Å². The van der Waals surface area contributed by atoms with Gasteiger partial charge in [0.25, 0.3) is 5.91 Å². The normalized spacial score (nSPS) is 10.7. The molecule has 0 fully saturated rings. The van der Waals surface area contributed by atoms with Crippen LogP contribution in [0.4, 0.5) is 17.2 Å². The summed E-state index contributed by atoms with van der Waals surface area (Å²) >= 11 is 0. The molecule has 0 bridgehead atoms. The minimum atomic E-state index is -0.233. The van der Waals surface area contributed by atoms with E-state index in [-0.39, 0.29) is 5.91 Å². The second-order valence-electron chi connectivity index (χ2n) is 7.02. The lowest BCUT2D eigenvalue weighted by atomic mass is 10.1. The van der Waals surface area contributed by atoms with E-state index < -0.39 is 0 Å². The van der Waals surface area contributed by atoms with Crippen LogP contribution >= 0.6 is 0 Å². The Hall–Kier alpha value is -2.63. The maximum atomic E-state index is 12.6. The van der Waals surface area contributed by atoms with Crippen LogP contribution in [-0.2, 0) is 0 Å². The van der Waals surface area contributed by atoms with Crippen LogP contribution in [0.15, 0.2) is 30.6 Å². The number of nitrogens with one attached hydrogen (secondary N) is 2. The molecule has 2 N–H and O–H groups in total. The monoisotopic (exact) mass is 369 g/mol. The molecule has 27 heavy (non-hydrogen) atoms. The quantitative estimate of drug-likeness (QED) is 0.688. The number of carbonyl (C=O) groups is 1. The van der Waals surface area contributed by atoms with E-state index in [1.54, 1.807) is 6.07 Å². The highest BCUT2D eigenvalue weighted by molar-refractivity contribution is 6.03. The highest BCUT2D eigenvalue weighted by atomic mass is 16.1. The fourth-order valence-electron chi connectivity index (χ4n) is 2.83. The predicted octanol–water partition coefficient (Wildman–Crippen LogP) is 4.34. The molecule has 0 saturated heterocycles. The molecule has 1 aromatic heterocycles. The molecule has 0 aliphatic carbocycles. The van der Waals surface area contributed by atoms with E-state index in [1.165, 1.54) is 6.33 Å². The van der Waals surface area contributed by atoms with Crippen molar-refractivity contribution in [3.63, 3.8) is 0 Å².